The predicted molar refractivity (Wildman–Crippen MR) is 90.5 cm³/mol. The molecule has 0 atom stereocenters. The molecule has 1 aromatic rings. The maximum absolute atomic E-state index is 12.0. The van der Waals surface area contributed by atoms with Crippen LogP contribution in [0.1, 0.15) is 33.6 Å². The van der Waals surface area contributed by atoms with Crippen LogP contribution in [0, 0.1) is 5.92 Å². The summed E-state index contributed by atoms with van der Waals surface area (Å²) in [5.41, 5.74) is -0.430. The highest BCUT2D eigenvalue weighted by Crippen LogP contribution is 2.30. The monoisotopic (exact) mass is 342 g/mol. The number of piperidine rings is 1. The summed E-state index contributed by atoms with van der Waals surface area (Å²) in [5, 5.41) is 0.568. The Balaban J connectivity index is 1.76. The van der Waals surface area contributed by atoms with Crippen molar-refractivity contribution in [1.29, 1.82) is 0 Å². The molecule has 0 unspecified atom stereocenters. The molecule has 0 N–H and O–H groups in total. The third-order valence-electron chi connectivity index (χ3n) is 3.47. The summed E-state index contributed by atoms with van der Waals surface area (Å²) in [6, 6.07) is 3.90. The van der Waals surface area contributed by atoms with Crippen molar-refractivity contribution in [2.45, 2.75) is 44.1 Å². The van der Waals surface area contributed by atoms with Gasteiger partial charge in [-0.05, 0) is 51.7 Å². The lowest BCUT2D eigenvalue weighted by Crippen LogP contribution is -2.42. The van der Waals surface area contributed by atoms with E-state index in [1.807, 2.05) is 37.8 Å². The van der Waals surface area contributed by atoms with Gasteiger partial charge in [-0.3, -0.25) is 0 Å². The second-order valence-corrected chi connectivity index (χ2v) is 7.93. The summed E-state index contributed by atoms with van der Waals surface area (Å²) in [6.45, 7) is 7.21. The van der Waals surface area contributed by atoms with Crippen LogP contribution in [0.5, 0.6) is 0 Å². The van der Waals surface area contributed by atoms with Crippen LogP contribution >= 0.6 is 23.4 Å². The summed E-state index contributed by atoms with van der Waals surface area (Å²) in [7, 11) is 0. The van der Waals surface area contributed by atoms with E-state index in [0.29, 0.717) is 11.1 Å². The number of halogens is 1. The van der Waals surface area contributed by atoms with E-state index in [-0.39, 0.29) is 6.09 Å². The van der Waals surface area contributed by atoms with Gasteiger partial charge < -0.3 is 9.64 Å². The van der Waals surface area contributed by atoms with Crippen LogP contribution in [0.4, 0.5) is 4.79 Å². The molecule has 1 aliphatic rings. The summed E-state index contributed by atoms with van der Waals surface area (Å²) in [4.78, 5) is 18.9. The van der Waals surface area contributed by atoms with Crippen molar-refractivity contribution >= 4 is 29.5 Å². The van der Waals surface area contributed by atoms with E-state index in [2.05, 4.69) is 4.98 Å². The zero-order valence-electron chi connectivity index (χ0n) is 13.3. The summed E-state index contributed by atoms with van der Waals surface area (Å²) < 4.78 is 5.41. The molecule has 6 heteroatoms. The quantitative estimate of drug-likeness (QED) is 0.600. The highest BCUT2D eigenvalue weighted by molar-refractivity contribution is 7.99. The van der Waals surface area contributed by atoms with Crippen molar-refractivity contribution in [3.05, 3.63) is 23.5 Å². The molecule has 2 heterocycles. The number of pyridine rings is 1. The first-order chi connectivity index (χ1) is 10.3. The normalized spacial score (nSPS) is 16.6. The van der Waals surface area contributed by atoms with Crippen LogP contribution in [0.2, 0.25) is 5.15 Å². The van der Waals surface area contributed by atoms with E-state index in [0.717, 1.165) is 36.6 Å². The highest BCUT2D eigenvalue weighted by atomic mass is 35.5. The zero-order valence-corrected chi connectivity index (χ0v) is 14.9. The third-order valence-corrected chi connectivity index (χ3v) is 5.16. The lowest BCUT2D eigenvalue weighted by Gasteiger charge is -2.33. The number of likely N-dealkylation sites (tertiary alicyclic amines) is 1. The van der Waals surface area contributed by atoms with Gasteiger partial charge in [-0.1, -0.05) is 11.6 Å². The van der Waals surface area contributed by atoms with Gasteiger partial charge in [0, 0.05) is 29.9 Å². The van der Waals surface area contributed by atoms with Gasteiger partial charge in [-0.2, -0.15) is 0 Å². The molecule has 1 aromatic heterocycles. The molecule has 0 spiro atoms. The molecule has 1 saturated heterocycles. The standard InChI is InChI=1S/C16H23ClN2O2S/c1-16(2,3)21-15(20)19-9-6-12(7-10-19)11-22-13-5-4-8-18-14(13)17/h4-5,8,12H,6-7,9-11H2,1-3H3. The maximum atomic E-state index is 12.0. The Labute approximate surface area is 141 Å². The first-order valence-corrected chi connectivity index (χ1v) is 8.93. The van der Waals surface area contributed by atoms with Crippen molar-refractivity contribution < 1.29 is 9.53 Å². The lowest BCUT2D eigenvalue weighted by atomic mass is 9.99. The van der Waals surface area contributed by atoms with Crippen molar-refractivity contribution in [2.24, 2.45) is 5.92 Å². The summed E-state index contributed by atoms with van der Waals surface area (Å²) in [5.74, 6) is 1.60. The first kappa shape index (κ1) is 17.4. The van der Waals surface area contributed by atoms with Crippen LogP contribution < -0.4 is 0 Å². The number of nitrogens with zero attached hydrogens (tertiary/aromatic N) is 2. The molecule has 1 fully saturated rings. The van der Waals surface area contributed by atoms with Crippen LogP contribution in [0.15, 0.2) is 23.2 Å². The van der Waals surface area contributed by atoms with E-state index >= 15 is 0 Å². The van der Waals surface area contributed by atoms with Gasteiger partial charge in [-0.25, -0.2) is 9.78 Å². The number of carbonyl (C=O) groups is 1. The maximum Gasteiger partial charge on any atom is 0.410 e. The molecule has 2 rings (SSSR count). The zero-order chi connectivity index (χ0) is 16.2. The lowest BCUT2D eigenvalue weighted by molar-refractivity contribution is 0.0191. The van der Waals surface area contributed by atoms with Crippen molar-refractivity contribution in [3.63, 3.8) is 0 Å². The number of ether oxygens (including phenoxy) is 1. The number of aromatic nitrogens is 1. The molecular formula is C16H23ClN2O2S. The molecule has 1 amide bonds. The minimum Gasteiger partial charge on any atom is -0.444 e. The Morgan fingerprint density at radius 2 is 2.14 bits per heavy atom. The topological polar surface area (TPSA) is 42.4 Å². The molecule has 4 nitrogen and oxygen atoms in total. The Hall–Kier alpha value is -0.940. The number of amides is 1. The smallest absolute Gasteiger partial charge is 0.410 e. The molecule has 0 aromatic carbocycles. The minimum absolute atomic E-state index is 0.200. The summed E-state index contributed by atoms with van der Waals surface area (Å²) in [6.07, 6.45) is 3.51. The van der Waals surface area contributed by atoms with Crippen molar-refractivity contribution in [2.75, 3.05) is 18.8 Å². The van der Waals surface area contributed by atoms with Crippen LogP contribution in [-0.4, -0.2) is 40.4 Å². The molecule has 0 saturated carbocycles. The third kappa shape index (κ3) is 5.36. The van der Waals surface area contributed by atoms with Gasteiger partial charge in [0.15, 0.2) is 0 Å². The fourth-order valence-electron chi connectivity index (χ4n) is 2.30. The fourth-order valence-corrected chi connectivity index (χ4v) is 3.67. The summed E-state index contributed by atoms with van der Waals surface area (Å²) >= 11 is 7.81. The van der Waals surface area contributed by atoms with Gasteiger partial charge in [0.2, 0.25) is 0 Å². The Kier molecular flexibility index (Phi) is 5.98. The van der Waals surface area contributed by atoms with Gasteiger partial charge in [0.05, 0.1) is 0 Å². The van der Waals surface area contributed by atoms with Crippen molar-refractivity contribution in [3.8, 4) is 0 Å². The minimum atomic E-state index is -0.430. The molecule has 1 aliphatic heterocycles. The van der Waals surface area contributed by atoms with Crippen LogP contribution in [-0.2, 0) is 4.74 Å². The number of thioether (sulfide) groups is 1. The van der Waals surface area contributed by atoms with Gasteiger partial charge in [0.1, 0.15) is 10.8 Å². The second-order valence-electron chi connectivity index (χ2n) is 6.51. The molecule has 0 radical (unpaired) electrons. The highest BCUT2D eigenvalue weighted by Gasteiger charge is 2.26. The Morgan fingerprint density at radius 1 is 1.45 bits per heavy atom. The average Bonchev–Trinajstić information content (AvgIpc) is 2.45. The van der Waals surface area contributed by atoms with Gasteiger partial charge in [-0.15, -0.1) is 11.8 Å². The number of hydrogen-bond acceptors (Lipinski definition) is 4. The van der Waals surface area contributed by atoms with E-state index in [1.165, 1.54) is 0 Å². The molecule has 22 heavy (non-hydrogen) atoms. The number of rotatable bonds is 3. The molecule has 0 bridgehead atoms. The number of hydrogen-bond donors (Lipinski definition) is 0. The predicted octanol–water partition coefficient (Wildman–Crippen LogP) is 4.47. The van der Waals surface area contributed by atoms with Gasteiger partial charge in [0.25, 0.3) is 0 Å². The second kappa shape index (κ2) is 7.55. The van der Waals surface area contributed by atoms with Crippen molar-refractivity contribution in [1.82, 2.24) is 9.88 Å². The number of carbonyl (C=O) groups excluding carboxylic acids is 1. The SMILES string of the molecule is CC(C)(C)OC(=O)N1CCC(CSc2cccnc2Cl)CC1. The van der Waals surface area contributed by atoms with E-state index in [4.69, 9.17) is 16.3 Å². The molecule has 122 valence electrons. The fraction of sp³-hybridized carbons (Fsp3) is 0.625. The average molecular weight is 343 g/mol. The van der Waals surface area contributed by atoms with E-state index in [9.17, 15) is 4.79 Å². The molecule has 0 aliphatic carbocycles. The Morgan fingerprint density at radius 3 is 2.73 bits per heavy atom. The molecular weight excluding hydrogens is 320 g/mol. The van der Waals surface area contributed by atoms with Crippen LogP contribution in [0.3, 0.4) is 0 Å². The van der Waals surface area contributed by atoms with Gasteiger partial charge >= 0.3 is 6.09 Å². The largest absolute Gasteiger partial charge is 0.444 e. The van der Waals surface area contributed by atoms with E-state index in [1.54, 1.807) is 18.0 Å². The van der Waals surface area contributed by atoms with Crippen LogP contribution in [0.25, 0.3) is 0 Å². The van der Waals surface area contributed by atoms with E-state index < -0.39 is 5.60 Å². The first-order valence-electron chi connectivity index (χ1n) is 7.56. The Bertz CT molecular complexity index is 511.